The second-order valence-corrected chi connectivity index (χ2v) is 11.0. The number of amides is 3. The molecule has 1 aromatic carbocycles. The molecule has 1 aromatic heterocycles. The maximum atomic E-state index is 13.8. The number of aryl methyl sites for hydroxylation is 1. The third-order valence-corrected chi connectivity index (χ3v) is 6.88. The highest BCUT2D eigenvalue weighted by Gasteiger charge is 2.54. The number of hydrogen-bond acceptors (Lipinski definition) is 5. The predicted molar refractivity (Wildman–Crippen MR) is 136 cm³/mol. The third kappa shape index (κ3) is 5.75. The van der Waals surface area contributed by atoms with Gasteiger partial charge in [0.05, 0.1) is 6.61 Å². The molecule has 3 heterocycles. The number of nitrogens with one attached hydrogen (secondary N) is 1. The van der Waals surface area contributed by atoms with Crippen molar-refractivity contribution < 1.29 is 19.1 Å². The van der Waals surface area contributed by atoms with E-state index < -0.39 is 11.8 Å². The highest BCUT2D eigenvalue weighted by atomic mass is 16.5. The van der Waals surface area contributed by atoms with Gasteiger partial charge in [-0.25, -0.2) is 0 Å². The van der Waals surface area contributed by atoms with Crippen LogP contribution in [0.5, 0.6) is 0 Å². The van der Waals surface area contributed by atoms with Crippen LogP contribution >= 0.6 is 0 Å². The fourth-order valence-electron chi connectivity index (χ4n) is 4.88. The van der Waals surface area contributed by atoms with Gasteiger partial charge in [0.25, 0.3) is 5.91 Å². The van der Waals surface area contributed by atoms with E-state index in [-0.39, 0.29) is 29.7 Å². The first-order valence-electron chi connectivity index (χ1n) is 12.6. The van der Waals surface area contributed by atoms with Crippen molar-refractivity contribution >= 4 is 17.7 Å². The van der Waals surface area contributed by atoms with Gasteiger partial charge in [0, 0.05) is 56.9 Å². The molecule has 2 aliphatic heterocycles. The lowest BCUT2D eigenvalue weighted by molar-refractivity contribution is -0.145. The van der Waals surface area contributed by atoms with Gasteiger partial charge < -0.3 is 15.0 Å². The van der Waals surface area contributed by atoms with Gasteiger partial charge in [0.2, 0.25) is 11.8 Å². The summed E-state index contributed by atoms with van der Waals surface area (Å²) in [6.45, 7) is 9.54. The molecule has 1 atom stereocenters. The third-order valence-electron chi connectivity index (χ3n) is 6.88. The normalized spacial score (nSPS) is 19.4. The van der Waals surface area contributed by atoms with Crippen LogP contribution in [0.25, 0.3) is 0 Å². The molecule has 8 nitrogen and oxygen atoms in total. The van der Waals surface area contributed by atoms with Gasteiger partial charge in [-0.2, -0.15) is 0 Å². The Hall–Kier alpha value is -3.26. The summed E-state index contributed by atoms with van der Waals surface area (Å²) in [5.41, 5.74) is 1.48. The molecule has 192 valence electrons. The standard InChI is InChI=1S/C28H36N4O4/c1-20-5-7-22(8-6-20)26(35)32-23(25(34)30-18-21-9-13-29-14-10-21)19-36-28(32)11-15-31(16-12-28)24(33)17-27(2,3)4/h5-10,13-14,23H,11-12,15-19H2,1-4H3,(H,30,34)/t23-/m1/s1. The summed E-state index contributed by atoms with van der Waals surface area (Å²) in [5, 5.41) is 2.96. The van der Waals surface area contributed by atoms with Crippen LogP contribution in [0, 0.1) is 12.3 Å². The van der Waals surface area contributed by atoms with Crippen LogP contribution in [0.1, 0.15) is 61.5 Å². The molecule has 1 spiro atoms. The van der Waals surface area contributed by atoms with Gasteiger partial charge in [-0.3, -0.25) is 24.3 Å². The highest BCUT2D eigenvalue weighted by Crippen LogP contribution is 2.39. The second kappa shape index (κ2) is 10.4. The zero-order valence-electron chi connectivity index (χ0n) is 21.6. The van der Waals surface area contributed by atoms with Crippen LogP contribution in [0.4, 0.5) is 0 Å². The number of piperidine rings is 1. The molecule has 36 heavy (non-hydrogen) atoms. The topological polar surface area (TPSA) is 91.8 Å². The van der Waals surface area contributed by atoms with Gasteiger partial charge in [-0.1, -0.05) is 38.5 Å². The molecule has 1 N–H and O–H groups in total. The molecular formula is C28H36N4O4. The van der Waals surface area contributed by atoms with Crippen LogP contribution < -0.4 is 5.32 Å². The van der Waals surface area contributed by atoms with Crippen molar-refractivity contribution in [2.75, 3.05) is 19.7 Å². The summed E-state index contributed by atoms with van der Waals surface area (Å²) in [5.74, 6) is -0.375. The number of carbonyl (C=O) groups excluding carboxylic acids is 3. The first-order chi connectivity index (χ1) is 17.1. The van der Waals surface area contributed by atoms with E-state index in [2.05, 4.69) is 10.3 Å². The molecule has 2 aliphatic rings. The Kier molecular flexibility index (Phi) is 7.45. The lowest BCUT2D eigenvalue weighted by Gasteiger charge is -2.44. The second-order valence-electron chi connectivity index (χ2n) is 11.0. The Balaban J connectivity index is 1.54. The summed E-state index contributed by atoms with van der Waals surface area (Å²) < 4.78 is 6.27. The Bertz CT molecular complexity index is 1090. The summed E-state index contributed by atoms with van der Waals surface area (Å²) in [7, 11) is 0. The summed E-state index contributed by atoms with van der Waals surface area (Å²) in [6.07, 6.45) is 4.75. The Morgan fingerprint density at radius 1 is 1.06 bits per heavy atom. The number of carbonyl (C=O) groups is 3. The van der Waals surface area contributed by atoms with Crippen molar-refractivity contribution in [1.29, 1.82) is 0 Å². The van der Waals surface area contributed by atoms with Crippen molar-refractivity contribution in [2.45, 2.75) is 65.3 Å². The van der Waals surface area contributed by atoms with Crippen molar-refractivity contribution in [1.82, 2.24) is 20.1 Å². The van der Waals surface area contributed by atoms with Crippen LogP contribution in [0.3, 0.4) is 0 Å². The van der Waals surface area contributed by atoms with Gasteiger partial charge >= 0.3 is 0 Å². The zero-order valence-corrected chi connectivity index (χ0v) is 21.6. The Morgan fingerprint density at radius 3 is 2.31 bits per heavy atom. The van der Waals surface area contributed by atoms with E-state index in [1.807, 2.05) is 56.9 Å². The average Bonchev–Trinajstić information content (AvgIpc) is 3.21. The van der Waals surface area contributed by atoms with E-state index >= 15 is 0 Å². The molecule has 3 amide bonds. The number of pyridine rings is 1. The lowest BCUT2D eigenvalue weighted by Crippen LogP contribution is -2.59. The number of benzene rings is 1. The van der Waals surface area contributed by atoms with Crippen LogP contribution in [0.2, 0.25) is 0 Å². The number of hydrogen-bond donors (Lipinski definition) is 1. The number of likely N-dealkylation sites (tertiary alicyclic amines) is 1. The largest absolute Gasteiger partial charge is 0.353 e. The minimum Gasteiger partial charge on any atom is -0.353 e. The van der Waals surface area contributed by atoms with Crippen molar-refractivity contribution in [3.63, 3.8) is 0 Å². The van der Waals surface area contributed by atoms with Crippen LogP contribution in [-0.4, -0.2) is 64.0 Å². The van der Waals surface area contributed by atoms with Crippen LogP contribution in [-0.2, 0) is 20.9 Å². The molecule has 0 saturated carbocycles. The lowest BCUT2D eigenvalue weighted by atomic mass is 9.90. The maximum Gasteiger partial charge on any atom is 0.256 e. The molecule has 0 radical (unpaired) electrons. The fraction of sp³-hybridized carbons (Fsp3) is 0.500. The van der Waals surface area contributed by atoms with Gasteiger partial charge in [0.1, 0.15) is 11.8 Å². The van der Waals surface area contributed by atoms with Crippen LogP contribution in [0.15, 0.2) is 48.8 Å². The Morgan fingerprint density at radius 2 is 1.69 bits per heavy atom. The molecule has 2 saturated heterocycles. The quantitative estimate of drug-likeness (QED) is 0.692. The zero-order chi connectivity index (χ0) is 25.9. The van der Waals surface area contributed by atoms with E-state index in [4.69, 9.17) is 4.74 Å². The van der Waals surface area contributed by atoms with Crippen molar-refractivity contribution in [3.8, 4) is 0 Å². The van der Waals surface area contributed by atoms with Crippen molar-refractivity contribution in [2.24, 2.45) is 5.41 Å². The minimum absolute atomic E-state index is 0.0957. The molecule has 0 aliphatic carbocycles. The molecule has 0 unspecified atom stereocenters. The maximum absolute atomic E-state index is 13.8. The number of rotatable bonds is 5. The van der Waals surface area contributed by atoms with Crippen molar-refractivity contribution in [3.05, 3.63) is 65.5 Å². The summed E-state index contributed by atoms with van der Waals surface area (Å²) in [6, 6.07) is 10.3. The van der Waals surface area contributed by atoms with E-state index in [1.165, 1.54) is 0 Å². The molecule has 2 fully saturated rings. The van der Waals surface area contributed by atoms with E-state index in [0.717, 1.165) is 11.1 Å². The highest BCUT2D eigenvalue weighted by molar-refractivity contribution is 5.98. The fourth-order valence-corrected chi connectivity index (χ4v) is 4.88. The van der Waals surface area contributed by atoms with Gasteiger partial charge in [-0.15, -0.1) is 0 Å². The SMILES string of the molecule is Cc1ccc(C(=O)N2[C@@H](C(=O)NCc3ccncc3)COC23CCN(C(=O)CC(C)(C)C)CC3)cc1. The summed E-state index contributed by atoms with van der Waals surface area (Å²) in [4.78, 5) is 47.4. The molecule has 2 aromatic rings. The molecule has 4 rings (SSSR count). The average molecular weight is 493 g/mol. The first-order valence-corrected chi connectivity index (χ1v) is 12.6. The molecular weight excluding hydrogens is 456 g/mol. The number of ether oxygens (including phenoxy) is 1. The van der Waals surface area contributed by atoms with Gasteiger partial charge in [0.15, 0.2) is 0 Å². The molecule has 8 heteroatoms. The monoisotopic (exact) mass is 492 g/mol. The number of nitrogens with zero attached hydrogens (tertiary/aromatic N) is 3. The minimum atomic E-state index is -0.918. The number of aromatic nitrogens is 1. The summed E-state index contributed by atoms with van der Waals surface area (Å²) >= 11 is 0. The molecule has 0 bridgehead atoms. The Labute approximate surface area is 213 Å². The predicted octanol–water partition coefficient (Wildman–Crippen LogP) is 3.30. The van der Waals surface area contributed by atoms with E-state index in [1.54, 1.807) is 29.4 Å². The smallest absolute Gasteiger partial charge is 0.256 e. The van der Waals surface area contributed by atoms with E-state index in [0.29, 0.717) is 44.5 Å². The van der Waals surface area contributed by atoms with E-state index in [9.17, 15) is 14.4 Å². The first kappa shape index (κ1) is 25.8. The van der Waals surface area contributed by atoms with Gasteiger partial charge in [-0.05, 0) is 42.2 Å².